The molecule has 2 N–H and O–H groups in total. The van der Waals surface area contributed by atoms with Crippen molar-refractivity contribution in [3.8, 4) is 0 Å². The summed E-state index contributed by atoms with van der Waals surface area (Å²) in [6.07, 6.45) is -2.89. The van der Waals surface area contributed by atoms with Gasteiger partial charge in [0, 0.05) is 11.7 Å². The van der Waals surface area contributed by atoms with Gasteiger partial charge in [0.15, 0.2) is 0 Å². The van der Waals surface area contributed by atoms with Crippen LogP contribution in [0.3, 0.4) is 0 Å². The summed E-state index contributed by atoms with van der Waals surface area (Å²) in [6.45, 7) is 0. The van der Waals surface area contributed by atoms with Crippen molar-refractivity contribution in [2.45, 2.75) is 31.5 Å². The Morgan fingerprint density at radius 1 is 1.37 bits per heavy atom. The van der Waals surface area contributed by atoms with E-state index in [2.05, 4.69) is 5.32 Å². The normalized spacial score (nSPS) is 17.0. The predicted molar refractivity (Wildman–Crippen MR) is 63.8 cm³/mol. The van der Waals surface area contributed by atoms with Crippen LogP contribution in [0.2, 0.25) is 0 Å². The van der Waals surface area contributed by atoms with Crippen molar-refractivity contribution in [3.63, 3.8) is 0 Å². The van der Waals surface area contributed by atoms with E-state index in [0.717, 1.165) is 18.9 Å². The van der Waals surface area contributed by atoms with Crippen molar-refractivity contribution in [1.29, 1.82) is 0 Å². The Hall–Kier alpha value is -1.72. The topological polar surface area (TPSA) is 49.3 Å². The van der Waals surface area contributed by atoms with Crippen LogP contribution in [0.1, 0.15) is 24.8 Å². The zero-order valence-corrected chi connectivity index (χ0v) is 10.1. The van der Waals surface area contributed by atoms with E-state index in [4.69, 9.17) is 5.11 Å². The molecule has 0 saturated heterocycles. The van der Waals surface area contributed by atoms with Gasteiger partial charge in [-0.05, 0) is 30.9 Å². The molecule has 6 heteroatoms. The second kappa shape index (κ2) is 5.11. The Balaban J connectivity index is 2.19. The molecule has 1 saturated carbocycles. The van der Waals surface area contributed by atoms with Gasteiger partial charge in [0.25, 0.3) is 0 Å². The summed E-state index contributed by atoms with van der Waals surface area (Å²) in [5.74, 6) is -0.855. The number of rotatable bonds is 5. The molecule has 3 nitrogen and oxygen atoms in total. The molecule has 2 rings (SSSR count). The lowest BCUT2D eigenvalue weighted by atomic mass is 10.1. The Kier molecular flexibility index (Phi) is 3.68. The van der Waals surface area contributed by atoms with E-state index < -0.39 is 23.8 Å². The SMILES string of the molecule is O=C(O)CC(Nc1ccccc1C(F)(F)F)C1CC1. The highest BCUT2D eigenvalue weighted by atomic mass is 19.4. The van der Waals surface area contributed by atoms with E-state index in [-0.39, 0.29) is 18.0 Å². The first-order valence-corrected chi connectivity index (χ1v) is 6.02. The first-order chi connectivity index (χ1) is 8.88. The third-order valence-corrected chi connectivity index (χ3v) is 3.16. The third kappa shape index (κ3) is 3.62. The first-order valence-electron chi connectivity index (χ1n) is 6.02. The highest BCUT2D eigenvalue weighted by Crippen LogP contribution is 2.39. The maximum absolute atomic E-state index is 12.8. The Morgan fingerprint density at radius 2 is 2.00 bits per heavy atom. The molecule has 0 aliphatic heterocycles. The second-order valence-electron chi connectivity index (χ2n) is 4.73. The summed E-state index contributed by atoms with van der Waals surface area (Å²) >= 11 is 0. The lowest BCUT2D eigenvalue weighted by Gasteiger charge is -2.21. The van der Waals surface area contributed by atoms with Crippen LogP contribution >= 0.6 is 0 Å². The molecule has 0 aromatic heterocycles. The molecule has 0 amide bonds. The highest BCUT2D eigenvalue weighted by molar-refractivity contribution is 5.69. The van der Waals surface area contributed by atoms with Crippen LogP contribution in [0, 0.1) is 5.92 Å². The molecule has 1 aromatic rings. The number of carboxylic acid groups (broad SMARTS) is 1. The molecule has 0 heterocycles. The van der Waals surface area contributed by atoms with E-state index in [9.17, 15) is 18.0 Å². The maximum atomic E-state index is 12.8. The fourth-order valence-corrected chi connectivity index (χ4v) is 2.08. The Labute approximate surface area is 108 Å². The molecule has 1 unspecified atom stereocenters. The van der Waals surface area contributed by atoms with Gasteiger partial charge in [-0.2, -0.15) is 13.2 Å². The maximum Gasteiger partial charge on any atom is 0.418 e. The highest BCUT2D eigenvalue weighted by Gasteiger charge is 2.36. The second-order valence-corrected chi connectivity index (χ2v) is 4.73. The van der Waals surface area contributed by atoms with Gasteiger partial charge in [0.1, 0.15) is 0 Å². The summed E-state index contributed by atoms with van der Waals surface area (Å²) in [6, 6.07) is 4.70. The smallest absolute Gasteiger partial charge is 0.418 e. The van der Waals surface area contributed by atoms with Gasteiger partial charge >= 0.3 is 12.1 Å². The predicted octanol–water partition coefficient (Wildman–Crippen LogP) is 3.37. The van der Waals surface area contributed by atoms with Crippen LogP contribution in [-0.2, 0) is 11.0 Å². The van der Waals surface area contributed by atoms with E-state index >= 15 is 0 Å². The van der Waals surface area contributed by atoms with Crippen molar-refractivity contribution in [2.24, 2.45) is 5.92 Å². The van der Waals surface area contributed by atoms with Gasteiger partial charge in [-0.25, -0.2) is 0 Å². The molecule has 104 valence electrons. The van der Waals surface area contributed by atoms with Gasteiger partial charge in [0.2, 0.25) is 0 Å². The molecular formula is C13H14F3NO2. The molecule has 1 aliphatic carbocycles. The first kappa shape index (κ1) is 13.7. The molecule has 0 radical (unpaired) electrons. The molecular weight excluding hydrogens is 259 g/mol. The summed E-state index contributed by atoms with van der Waals surface area (Å²) in [7, 11) is 0. The van der Waals surface area contributed by atoms with Crippen LogP contribution in [0.25, 0.3) is 0 Å². The minimum Gasteiger partial charge on any atom is -0.481 e. The van der Waals surface area contributed by atoms with Crippen molar-refractivity contribution < 1.29 is 23.1 Å². The van der Waals surface area contributed by atoms with Crippen LogP contribution in [-0.4, -0.2) is 17.1 Å². The number of carboxylic acids is 1. The van der Waals surface area contributed by atoms with Crippen LogP contribution < -0.4 is 5.32 Å². The summed E-state index contributed by atoms with van der Waals surface area (Å²) in [4.78, 5) is 10.8. The third-order valence-electron chi connectivity index (χ3n) is 3.16. The molecule has 1 aliphatic rings. The monoisotopic (exact) mass is 273 g/mol. The van der Waals surface area contributed by atoms with Crippen LogP contribution in [0.15, 0.2) is 24.3 Å². The number of hydrogen-bond acceptors (Lipinski definition) is 2. The van der Waals surface area contributed by atoms with Crippen LogP contribution in [0.4, 0.5) is 18.9 Å². The number of aliphatic carboxylic acids is 1. The van der Waals surface area contributed by atoms with E-state index in [1.165, 1.54) is 18.2 Å². The number of halogens is 3. The minimum absolute atomic E-state index is 0.0480. The van der Waals surface area contributed by atoms with Crippen molar-refractivity contribution >= 4 is 11.7 Å². The standard InChI is InChI=1S/C13H14F3NO2/c14-13(15,16)9-3-1-2-4-10(9)17-11(7-12(18)19)8-5-6-8/h1-4,8,11,17H,5-7H2,(H,18,19). The molecule has 1 fully saturated rings. The number of nitrogens with one attached hydrogen (secondary N) is 1. The van der Waals surface area contributed by atoms with Gasteiger partial charge < -0.3 is 10.4 Å². The quantitative estimate of drug-likeness (QED) is 0.864. The zero-order chi connectivity index (χ0) is 14.0. The summed E-state index contributed by atoms with van der Waals surface area (Å²) in [5.41, 5.74) is -0.806. The summed E-state index contributed by atoms with van der Waals surface area (Å²) < 4.78 is 38.5. The van der Waals surface area contributed by atoms with Crippen molar-refractivity contribution in [3.05, 3.63) is 29.8 Å². The molecule has 19 heavy (non-hydrogen) atoms. The number of carbonyl (C=O) groups is 1. The Morgan fingerprint density at radius 3 is 2.53 bits per heavy atom. The van der Waals surface area contributed by atoms with Crippen LogP contribution in [0.5, 0.6) is 0 Å². The molecule has 1 aromatic carbocycles. The number of anilines is 1. The Bertz CT molecular complexity index is 469. The van der Waals surface area contributed by atoms with E-state index in [0.29, 0.717) is 0 Å². The van der Waals surface area contributed by atoms with Crippen molar-refractivity contribution in [1.82, 2.24) is 0 Å². The largest absolute Gasteiger partial charge is 0.481 e. The minimum atomic E-state index is -4.44. The molecule has 1 atom stereocenters. The number of alkyl halides is 3. The molecule has 0 spiro atoms. The van der Waals surface area contributed by atoms with E-state index in [1.807, 2.05) is 0 Å². The van der Waals surface area contributed by atoms with E-state index in [1.54, 1.807) is 0 Å². The average Bonchev–Trinajstić information content (AvgIpc) is 3.10. The average molecular weight is 273 g/mol. The van der Waals surface area contributed by atoms with Gasteiger partial charge in [-0.3, -0.25) is 4.79 Å². The van der Waals surface area contributed by atoms with Gasteiger partial charge in [-0.1, -0.05) is 12.1 Å². The lowest BCUT2D eigenvalue weighted by Crippen LogP contribution is -2.26. The number of para-hydroxylation sites is 1. The van der Waals surface area contributed by atoms with Crippen molar-refractivity contribution in [2.75, 3.05) is 5.32 Å². The molecule has 0 bridgehead atoms. The fourth-order valence-electron chi connectivity index (χ4n) is 2.08. The summed E-state index contributed by atoms with van der Waals surface area (Å²) in [5, 5.41) is 11.6. The lowest BCUT2D eigenvalue weighted by molar-refractivity contribution is -0.137. The number of hydrogen-bond donors (Lipinski definition) is 2. The zero-order valence-electron chi connectivity index (χ0n) is 10.1. The number of benzene rings is 1. The van der Waals surface area contributed by atoms with Gasteiger partial charge in [0.05, 0.1) is 12.0 Å². The van der Waals surface area contributed by atoms with Gasteiger partial charge in [-0.15, -0.1) is 0 Å². The fraction of sp³-hybridized carbons (Fsp3) is 0.462.